The van der Waals surface area contributed by atoms with E-state index in [-0.39, 0.29) is 0 Å². The number of hydrogen-bond acceptors (Lipinski definition) is 2. The Morgan fingerprint density at radius 2 is 1.44 bits per heavy atom. The van der Waals surface area contributed by atoms with Crippen LogP contribution in [0.3, 0.4) is 0 Å². The van der Waals surface area contributed by atoms with E-state index in [9.17, 15) is 0 Å². The van der Waals surface area contributed by atoms with Crippen molar-refractivity contribution in [1.29, 1.82) is 5.41 Å². The summed E-state index contributed by atoms with van der Waals surface area (Å²) >= 11 is 0. The van der Waals surface area contributed by atoms with Crippen LogP contribution < -0.4 is 5.73 Å². The molecule has 3 heteroatoms. The first kappa shape index (κ1) is 11.0. The summed E-state index contributed by atoms with van der Waals surface area (Å²) < 4.78 is 0. The highest BCUT2D eigenvalue weighted by molar-refractivity contribution is 5.77. The van der Waals surface area contributed by atoms with E-state index in [1.54, 1.807) is 27.8 Å². The summed E-state index contributed by atoms with van der Waals surface area (Å²) in [5.74, 6) is 0.630. The standard InChI is InChI=1S/C3H8N2.C3H7N/c1-3(4)5-2;1-3(2)4/h1-2H3,(H2,4,5);4H,1-2H3. The van der Waals surface area contributed by atoms with E-state index in [4.69, 9.17) is 11.1 Å². The van der Waals surface area contributed by atoms with Crippen LogP contribution in [0, 0.1) is 5.41 Å². The molecule has 0 amide bonds. The second-order valence-corrected chi connectivity index (χ2v) is 1.86. The molecule has 0 aliphatic rings. The van der Waals surface area contributed by atoms with Gasteiger partial charge in [-0.2, -0.15) is 0 Å². The summed E-state index contributed by atoms with van der Waals surface area (Å²) in [6.45, 7) is 5.25. The number of nitrogens with zero attached hydrogens (tertiary/aromatic N) is 1. The van der Waals surface area contributed by atoms with Crippen LogP contribution in [0.2, 0.25) is 0 Å². The third kappa shape index (κ3) is 145. The minimum absolute atomic E-state index is 0.630. The third-order valence-corrected chi connectivity index (χ3v) is 0.353. The van der Waals surface area contributed by atoms with E-state index in [0.29, 0.717) is 11.5 Å². The van der Waals surface area contributed by atoms with Crippen molar-refractivity contribution in [2.24, 2.45) is 10.7 Å². The first-order chi connectivity index (χ1) is 4.00. The Balaban J connectivity index is 0. The summed E-state index contributed by atoms with van der Waals surface area (Å²) in [6.07, 6.45) is 0. The zero-order valence-corrected chi connectivity index (χ0v) is 6.52. The van der Waals surface area contributed by atoms with E-state index in [1.165, 1.54) is 0 Å². The van der Waals surface area contributed by atoms with Crippen molar-refractivity contribution < 1.29 is 0 Å². The molecular weight excluding hydrogens is 114 g/mol. The van der Waals surface area contributed by atoms with E-state index in [0.717, 1.165) is 0 Å². The van der Waals surface area contributed by atoms with Crippen molar-refractivity contribution in [3.05, 3.63) is 0 Å². The maximum Gasteiger partial charge on any atom is 0.0902 e. The maximum absolute atomic E-state index is 6.50. The lowest BCUT2D eigenvalue weighted by Crippen LogP contribution is -2.03. The molecule has 3 N–H and O–H groups in total. The van der Waals surface area contributed by atoms with Crippen LogP contribution in [-0.2, 0) is 0 Å². The van der Waals surface area contributed by atoms with Crippen molar-refractivity contribution >= 4 is 11.5 Å². The molecule has 0 saturated carbocycles. The molecule has 3 nitrogen and oxygen atoms in total. The van der Waals surface area contributed by atoms with Gasteiger partial charge < -0.3 is 11.1 Å². The van der Waals surface area contributed by atoms with Crippen LogP contribution in [-0.4, -0.2) is 18.6 Å². The molecule has 0 bridgehead atoms. The van der Waals surface area contributed by atoms with Crippen LogP contribution in [0.4, 0.5) is 0 Å². The van der Waals surface area contributed by atoms with Crippen molar-refractivity contribution in [1.82, 2.24) is 0 Å². The van der Waals surface area contributed by atoms with Gasteiger partial charge in [0.15, 0.2) is 0 Å². The Bertz CT molecular complexity index is 96.9. The average Bonchev–Trinajstić information content (AvgIpc) is 1.65. The molecule has 0 aromatic rings. The largest absolute Gasteiger partial charge is 0.388 e. The van der Waals surface area contributed by atoms with Gasteiger partial charge in [0.2, 0.25) is 0 Å². The first-order valence-corrected chi connectivity index (χ1v) is 2.71. The van der Waals surface area contributed by atoms with E-state index >= 15 is 0 Å². The molecule has 0 aliphatic heterocycles. The summed E-state index contributed by atoms with van der Waals surface area (Å²) in [4.78, 5) is 3.58. The number of rotatable bonds is 0. The quantitative estimate of drug-likeness (QED) is 0.372. The van der Waals surface area contributed by atoms with Gasteiger partial charge in [0, 0.05) is 12.8 Å². The minimum atomic E-state index is 0.630. The molecule has 0 heterocycles. The molecule has 0 spiro atoms. The molecule has 0 rings (SSSR count). The number of aliphatic imine (C=N–C) groups is 1. The fourth-order valence-corrected chi connectivity index (χ4v) is 0. The second-order valence-electron chi connectivity index (χ2n) is 1.86. The molecule has 0 radical (unpaired) electrons. The van der Waals surface area contributed by atoms with E-state index < -0.39 is 0 Å². The van der Waals surface area contributed by atoms with Gasteiger partial charge >= 0.3 is 0 Å². The van der Waals surface area contributed by atoms with Gasteiger partial charge in [-0.05, 0) is 20.8 Å². The molecule has 0 atom stereocenters. The zero-order chi connectivity index (χ0) is 7.86. The van der Waals surface area contributed by atoms with Crippen LogP contribution in [0.5, 0.6) is 0 Å². The van der Waals surface area contributed by atoms with Gasteiger partial charge in [-0.15, -0.1) is 0 Å². The minimum Gasteiger partial charge on any atom is -0.388 e. The van der Waals surface area contributed by atoms with Crippen molar-refractivity contribution in [2.75, 3.05) is 7.05 Å². The molecule has 0 saturated heterocycles. The lowest BCUT2D eigenvalue weighted by atomic mass is 10.5. The van der Waals surface area contributed by atoms with Crippen molar-refractivity contribution in [3.8, 4) is 0 Å². The summed E-state index contributed by atoms with van der Waals surface area (Å²) in [5, 5.41) is 6.50. The predicted octanol–water partition coefficient (Wildman–Crippen LogP) is 1.04. The van der Waals surface area contributed by atoms with Gasteiger partial charge in [0.25, 0.3) is 0 Å². The summed E-state index contributed by atoms with van der Waals surface area (Å²) in [5.41, 5.74) is 5.71. The van der Waals surface area contributed by atoms with Crippen LogP contribution in [0.25, 0.3) is 0 Å². The number of nitrogens with one attached hydrogen (secondary N) is 1. The van der Waals surface area contributed by atoms with E-state index in [2.05, 4.69) is 4.99 Å². The average molecular weight is 129 g/mol. The molecular formula is C6H15N3. The highest BCUT2D eigenvalue weighted by atomic mass is 14.8. The Kier molecular flexibility index (Phi) is 8.73. The number of hydrogen-bond donors (Lipinski definition) is 2. The normalized spacial score (nSPS) is 9.56. The highest BCUT2D eigenvalue weighted by Crippen LogP contribution is 1.52. The Morgan fingerprint density at radius 1 is 1.33 bits per heavy atom. The zero-order valence-electron chi connectivity index (χ0n) is 6.52. The molecule has 0 aromatic carbocycles. The van der Waals surface area contributed by atoms with Gasteiger partial charge in [0.1, 0.15) is 0 Å². The Hall–Kier alpha value is -0.860. The molecule has 9 heavy (non-hydrogen) atoms. The van der Waals surface area contributed by atoms with Crippen LogP contribution >= 0.6 is 0 Å². The second kappa shape index (κ2) is 7.14. The van der Waals surface area contributed by atoms with Crippen LogP contribution in [0.1, 0.15) is 20.8 Å². The lowest BCUT2D eigenvalue weighted by Gasteiger charge is -1.76. The fraction of sp³-hybridized carbons (Fsp3) is 0.667. The smallest absolute Gasteiger partial charge is 0.0902 e. The highest BCUT2D eigenvalue weighted by Gasteiger charge is 1.61. The number of nitrogens with two attached hydrogens (primary N) is 1. The fourth-order valence-electron chi connectivity index (χ4n) is 0. The summed E-state index contributed by atoms with van der Waals surface area (Å²) in [7, 11) is 1.66. The van der Waals surface area contributed by atoms with Crippen molar-refractivity contribution in [2.45, 2.75) is 20.8 Å². The van der Waals surface area contributed by atoms with Gasteiger partial charge in [-0.1, -0.05) is 0 Å². The maximum atomic E-state index is 6.50. The first-order valence-electron chi connectivity index (χ1n) is 2.71. The monoisotopic (exact) mass is 129 g/mol. The Morgan fingerprint density at radius 3 is 1.44 bits per heavy atom. The predicted molar refractivity (Wildman–Crippen MR) is 42.3 cm³/mol. The third-order valence-electron chi connectivity index (χ3n) is 0.353. The number of amidine groups is 1. The topological polar surface area (TPSA) is 62.2 Å². The van der Waals surface area contributed by atoms with E-state index in [1.807, 2.05) is 0 Å². The van der Waals surface area contributed by atoms with Gasteiger partial charge in [-0.3, -0.25) is 4.99 Å². The summed E-state index contributed by atoms with van der Waals surface area (Å²) in [6, 6.07) is 0. The molecule has 0 unspecified atom stereocenters. The van der Waals surface area contributed by atoms with Gasteiger partial charge in [0.05, 0.1) is 5.84 Å². The molecule has 0 aliphatic carbocycles. The van der Waals surface area contributed by atoms with Crippen LogP contribution in [0.15, 0.2) is 4.99 Å². The SMILES string of the molecule is CC(C)=N.CN=C(C)N. The molecule has 0 fully saturated rings. The van der Waals surface area contributed by atoms with Gasteiger partial charge in [-0.25, -0.2) is 0 Å². The molecule has 54 valence electrons. The Labute approximate surface area is 56.5 Å². The molecule has 0 aromatic heterocycles. The van der Waals surface area contributed by atoms with Crippen molar-refractivity contribution in [3.63, 3.8) is 0 Å². The lowest BCUT2D eigenvalue weighted by molar-refractivity contribution is 1.38.